The highest BCUT2D eigenvalue weighted by Crippen LogP contribution is 1.99. The Hall–Kier alpha value is -0.570. The third kappa shape index (κ3) is 4.79. The molecule has 3 heteroatoms. The number of rotatable bonds is 5. The largest absolute Gasteiger partial charge is 0.388 e. The molecule has 0 rings (SSSR count). The van der Waals surface area contributed by atoms with E-state index in [0.717, 1.165) is 13.0 Å². The molecule has 1 unspecified atom stereocenters. The van der Waals surface area contributed by atoms with Crippen molar-refractivity contribution in [1.29, 1.82) is 5.41 Å². The van der Waals surface area contributed by atoms with Crippen molar-refractivity contribution in [2.45, 2.75) is 32.7 Å². The number of nitrogens with two attached hydrogens (primary N) is 1. The van der Waals surface area contributed by atoms with Gasteiger partial charge in [0, 0.05) is 19.0 Å². The minimum Gasteiger partial charge on any atom is -0.388 e. The van der Waals surface area contributed by atoms with Gasteiger partial charge < -0.3 is 10.6 Å². The topological polar surface area (TPSA) is 53.1 Å². The van der Waals surface area contributed by atoms with Gasteiger partial charge in [-0.1, -0.05) is 6.92 Å². The lowest BCUT2D eigenvalue weighted by atomic mass is 10.2. The fourth-order valence-electron chi connectivity index (χ4n) is 0.829. The van der Waals surface area contributed by atoms with Crippen LogP contribution in [-0.2, 0) is 0 Å². The molecule has 0 amide bonds. The predicted octanol–water partition coefficient (Wildman–Crippen LogP) is 1.04. The smallest absolute Gasteiger partial charge is 0.0918 e. The minimum atomic E-state index is 0.278. The Morgan fingerprint density at radius 3 is 2.55 bits per heavy atom. The van der Waals surface area contributed by atoms with Crippen molar-refractivity contribution in [3.05, 3.63) is 0 Å². The molecule has 0 aromatic rings. The first-order valence-corrected chi connectivity index (χ1v) is 4.11. The number of hydrogen-bond acceptors (Lipinski definition) is 2. The highest BCUT2D eigenvalue weighted by molar-refractivity contribution is 5.76. The molecule has 0 saturated carbocycles. The maximum Gasteiger partial charge on any atom is 0.0918 e. The lowest BCUT2D eigenvalue weighted by Crippen LogP contribution is -2.31. The van der Waals surface area contributed by atoms with Gasteiger partial charge in [0.1, 0.15) is 0 Å². The zero-order valence-electron chi connectivity index (χ0n) is 7.72. The van der Waals surface area contributed by atoms with E-state index in [-0.39, 0.29) is 5.84 Å². The summed E-state index contributed by atoms with van der Waals surface area (Å²) in [5, 5.41) is 7.04. The van der Waals surface area contributed by atoms with Crippen LogP contribution in [0.3, 0.4) is 0 Å². The van der Waals surface area contributed by atoms with Gasteiger partial charge in [0.2, 0.25) is 0 Å². The summed E-state index contributed by atoms with van der Waals surface area (Å²) >= 11 is 0. The first-order valence-electron chi connectivity index (χ1n) is 4.11. The van der Waals surface area contributed by atoms with Crippen molar-refractivity contribution in [2.24, 2.45) is 5.73 Å². The summed E-state index contributed by atoms with van der Waals surface area (Å²) in [6.45, 7) is 5.24. The second-order valence-electron chi connectivity index (χ2n) is 3.01. The van der Waals surface area contributed by atoms with Crippen LogP contribution in [0, 0.1) is 5.41 Å². The second kappa shape index (κ2) is 5.13. The molecule has 0 aliphatic rings. The van der Waals surface area contributed by atoms with Crippen molar-refractivity contribution >= 4 is 5.84 Å². The summed E-state index contributed by atoms with van der Waals surface area (Å²) in [7, 11) is 2.07. The average Bonchev–Trinajstić information content (AvgIpc) is 1.98. The van der Waals surface area contributed by atoms with E-state index in [1.54, 1.807) is 0 Å². The Kier molecular flexibility index (Phi) is 4.86. The lowest BCUT2D eigenvalue weighted by molar-refractivity contribution is 0.259. The Labute approximate surface area is 69.1 Å². The zero-order valence-corrected chi connectivity index (χ0v) is 7.72. The van der Waals surface area contributed by atoms with Gasteiger partial charge in [0.05, 0.1) is 5.84 Å². The first kappa shape index (κ1) is 10.4. The summed E-state index contributed by atoms with van der Waals surface area (Å²) in [4.78, 5) is 2.22. The SMILES string of the molecule is CCC(C)N(C)CCC(=N)N. The average molecular weight is 157 g/mol. The van der Waals surface area contributed by atoms with Gasteiger partial charge in [-0.15, -0.1) is 0 Å². The molecule has 1 atom stereocenters. The Morgan fingerprint density at radius 1 is 1.64 bits per heavy atom. The van der Waals surface area contributed by atoms with Crippen LogP contribution in [-0.4, -0.2) is 30.4 Å². The van der Waals surface area contributed by atoms with Crippen LogP contribution < -0.4 is 5.73 Å². The van der Waals surface area contributed by atoms with Crippen molar-refractivity contribution in [3.63, 3.8) is 0 Å². The van der Waals surface area contributed by atoms with E-state index >= 15 is 0 Å². The zero-order chi connectivity index (χ0) is 8.85. The highest BCUT2D eigenvalue weighted by atomic mass is 15.1. The van der Waals surface area contributed by atoms with Crippen molar-refractivity contribution in [1.82, 2.24) is 4.90 Å². The molecule has 3 N–H and O–H groups in total. The van der Waals surface area contributed by atoms with Crippen molar-refractivity contribution in [2.75, 3.05) is 13.6 Å². The fraction of sp³-hybridized carbons (Fsp3) is 0.875. The molecule has 11 heavy (non-hydrogen) atoms. The molecular weight excluding hydrogens is 138 g/mol. The highest BCUT2D eigenvalue weighted by Gasteiger charge is 2.05. The van der Waals surface area contributed by atoms with Gasteiger partial charge in [0.15, 0.2) is 0 Å². The molecule has 0 bridgehead atoms. The lowest BCUT2D eigenvalue weighted by Gasteiger charge is -2.22. The predicted molar refractivity (Wildman–Crippen MR) is 48.9 cm³/mol. The number of hydrogen-bond donors (Lipinski definition) is 2. The van der Waals surface area contributed by atoms with E-state index in [9.17, 15) is 0 Å². The van der Waals surface area contributed by atoms with Gasteiger partial charge in [-0.25, -0.2) is 0 Å². The molecule has 0 spiro atoms. The summed E-state index contributed by atoms with van der Waals surface area (Å²) in [5.41, 5.74) is 5.24. The monoisotopic (exact) mass is 157 g/mol. The van der Waals surface area contributed by atoms with Crippen LogP contribution in [0.15, 0.2) is 0 Å². The van der Waals surface area contributed by atoms with E-state index in [1.165, 1.54) is 0 Å². The van der Waals surface area contributed by atoms with Crippen LogP contribution in [0.1, 0.15) is 26.7 Å². The van der Waals surface area contributed by atoms with Crippen LogP contribution in [0.2, 0.25) is 0 Å². The van der Waals surface area contributed by atoms with E-state index in [0.29, 0.717) is 12.5 Å². The molecule has 0 aliphatic carbocycles. The molecule has 0 aliphatic heterocycles. The van der Waals surface area contributed by atoms with Gasteiger partial charge in [-0.2, -0.15) is 0 Å². The van der Waals surface area contributed by atoms with Crippen molar-refractivity contribution < 1.29 is 0 Å². The molecule has 66 valence electrons. The quantitative estimate of drug-likeness (QED) is 0.463. The first-order chi connectivity index (χ1) is 5.07. The van der Waals surface area contributed by atoms with Gasteiger partial charge in [-0.05, 0) is 20.4 Å². The van der Waals surface area contributed by atoms with E-state index in [1.807, 2.05) is 0 Å². The Balaban J connectivity index is 3.51. The molecule has 0 aromatic carbocycles. The summed E-state index contributed by atoms with van der Waals surface area (Å²) in [6, 6.07) is 0.592. The van der Waals surface area contributed by atoms with Crippen molar-refractivity contribution in [3.8, 4) is 0 Å². The second-order valence-corrected chi connectivity index (χ2v) is 3.01. The molecule has 0 fully saturated rings. The summed E-state index contributed by atoms with van der Waals surface area (Å²) in [6.07, 6.45) is 1.83. The van der Waals surface area contributed by atoms with E-state index in [4.69, 9.17) is 11.1 Å². The molecule has 0 radical (unpaired) electrons. The van der Waals surface area contributed by atoms with Crippen LogP contribution in [0.25, 0.3) is 0 Å². The third-order valence-electron chi connectivity index (χ3n) is 2.08. The maximum atomic E-state index is 7.04. The van der Waals surface area contributed by atoms with Crippen LogP contribution in [0.4, 0.5) is 0 Å². The van der Waals surface area contributed by atoms with Crippen LogP contribution in [0.5, 0.6) is 0 Å². The van der Waals surface area contributed by atoms with Gasteiger partial charge >= 0.3 is 0 Å². The normalized spacial score (nSPS) is 13.5. The molecule has 0 heterocycles. The molecular formula is C8H19N3. The Morgan fingerprint density at radius 2 is 2.18 bits per heavy atom. The van der Waals surface area contributed by atoms with Gasteiger partial charge in [0.25, 0.3) is 0 Å². The Bertz CT molecular complexity index is 123. The van der Waals surface area contributed by atoms with E-state index < -0.39 is 0 Å². The fourth-order valence-corrected chi connectivity index (χ4v) is 0.829. The summed E-state index contributed by atoms with van der Waals surface area (Å²) < 4.78 is 0. The molecule has 0 saturated heterocycles. The van der Waals surface area contributed by atoms with Gasteiger partial charge in [-0.3, -0.25) is 5.41 Å². The molecule has 0 aromatic heterocycles. The van der Waals surface area contributed by atoms with Crippen LogP contribution >= 0.6 is 0 Å². The number of nitrogens with zero attached hydrogens (tertiary/aromatic N) is 1. The molecule has 3 nitrogen and oxygen atoms in total. The number of nitrogens with one attached hydrogen (secondary N) is 1. The third-order valence-corrected chi connectivity index (χ3v) is 2.08. The maximum absolute atomic E-state index is 7.04. The summed E-state index contributed by atoms with van der Waals surface area (Å²) in [5.74, 6) is 0.278. The standard InChI is InChI=1S/C8H19N3/c1-4-7(2)11(3)6-5-8(9)10/h7H,4-6H2,1-3H3,(H3,9,10). The van der Waals surface area contributed by atoms with E-state index in [2.05, 4.69) is 25.8 Å². The minimum absolute atomic E-state index is 0.278. The number of amidine groups is 1.